The Labute approximate surface area is 523 Å². The number of ether oxygens (including phenoxy) is 1. The molecule has 0 saturated heterocycles. The fraction of sp³-hybridized carbons (Fsp3) is 0.0769. The Bertz CT molecular complexity index is 5700. The van der Waals surface area contributed by atoms with Gasteiger partial charge in [-0.2, -0.15) is 18.2 Å². The van der Waals surface area contributed by atoms with Gasteiger partial charge in [-0.05, 0) is 156 Å². The van der Waals surface area contributed by atoms with E-state index < -0.39 is 31.8 Å². The Morgan fingerprint density at radius 2 is 1.22 bits per heavy atom. The molecule has 4 aromatic heterocycles. The van der Waals surface area contributed by atoms with E-state index in [0.29, 0.717) is 95.1 Å². The zero-order valence-corrected chi connectivity index (χ0v) is 48.3. The molecule has 0 unspecified atom stereocenters. The molecule has 410 valence electrons. The van der Waals surface area contributed by atoms with E-state index in [1.165, 1.54) is 18.2 Å². The SMILES string of the molecule is [2H]c1c([2H])c([2H])c(-c2cccc3c2-c2cccc(-c4ccc5oc6ccccc6c5c4)c2-[n+]2[c-]n(-c4[c-]c(Oc5[c-]c6c(cc5)c5ccccc5n6-c5cc(C(C)(C)C)ccn5)ccc4)c4cc(-c5c(C([2H])([2H])[2H])cccc5C([2H])([2H])[2H])cc(c42)-c2ccccc2-3)c([2H])c1[2H].[Pt]. The van der Waals surface area contributed by atoms with Gasteiger partial charge in [-0.15, -0.1) is 29.7 Å². The predicted octanol–water partition coefficient (Wildman–Crippen LogP) is 19.7. The van der Waals surface area contributed by atoms with E-state index in [0.717, 1.165) is 49.5 Å². The number of fused-ring (bicyclic) bond motifs is 13. The summed E-state index contributed by atoms with van der Waals surface area (Å²) in [6, 6.07) is 67.7. The van der Waals surface area contributed by atoms with Gasteiger partial charge in [-0.25, -0.2) is 4.98 Å². The average Bonchev–Trinajstić information content (AvgIpc) is 1.50. The number of imidazole rings is 1. The molecule has 11 aromatic carbocycles. The average molecular weight is 1290 g/mol. The molecular weight excluding hydrogens is 1220 g/mol. The van der Waals surface area contributed by atoms with Crippen LogP contribution in [0.2, 0.25) is 0 Å². The molecule has 0 amide bonds. The summed E-state index contributed by atoms with van der Waals surface area (Å²) in [5.74, 6) is 1.45. The maximum absolute atomic E-state index is 9.51. The van der Waals surface area contributed by atoms with Crippen LogP contribution in [0.15, 0.2) is 241 Å². The molecule has 5 heterocycles. The summed E-state index contributed by atoms with van der Waals surface area (Å²) >= 11 is 0. The van der Waals surface area contributed by atoms with Crippen molar-refractivity contribution < 1.29 is 49.9 Å². The number of para-hydroxylation sites is 3. The number of hydrogen-bond acceptors (Lipinski definition) is 3. The molecule has 0 saturated carbocycles. The summed E-state index contributed by atoms with van der Waals surface area (Å²) in [7, 11) is 0. The van der Waals surface area contributed by atoms with Gasteiger partial charge in [-0.1, -0.05) is 184 Å². The third-order valence-electron chi connectivity index (χ3n) is 16.3. The van der Waals surface area contributed by atoms with E-state index in [9.17, 15) is 2.74 Å². The standard InChI is InChI=1S/C78H54N4O2.Pt/c1-48-19-15-20-49(2)74(48)52-42-67-60-26-10-9-25-59(60)64-31-17-29-57(50-21-7-6-8-22-50)75(64)65-32-18-30-58(51-35-38-72-66(41-51)63-28-12-14-34-71(63)84-72)76(65)81-47-80(70(43-52)77(67)81)54-23-16-24-55(45-54)83-56-36-37-62-61-27-11-13-33-68(61)82(69(62)46-56)73-44-53(39-40-79-73)78(3,4)5;/h6-44H,1-5H3;/q-2;/i1D3,2D3,6D,7D,8D,21D,22D;. The smallest absolute Gasteiger partial charge is 0.268 e. The fourth-order valence-electron chi connectivity index (χ4n) is 12.4. The van der Waals surface area contributed by atoms with E-state index in [2.05, 4.69) is 68.1 Å². The number of rotatable bonds is 7. The number of aryl methyl sites for hydroxylation is 2. The van der Waals surface area contributed by atoms with E-state index in [1.54, 1.807) is 12.1 Å². The van der Waals surface area contributed by atoms with Crippen molar-refractivity contribution >= 4 is 54.8 Å². The second-order valence-electron chi connectivity index (χ2n) is 22.3. The van der Waals surface area contributed by atoms with Crippen LogP contribution < -0.4 is 9.30 Å². The zero-order valence-electron chi connectivity index (χ0n) is 57.1. The first-order valence-corrected chi connectivity index (χ1v) is 27.8. The molecule has 16 rings (SSSR count). The van der Waals surface area contributed by atoms with Crippen LogP contribution in [0.1, 0.15) is 52.5 Å². The molecule has 0 radical (unpaired) electrons. The van der Waals surface area contributed by atoms with Crippen molar-refractivity contribution in [2.24, 2.45) is 0 Å². The summed E-state index contributed by atoms with van der Waals surface area (Å²) in [6.45, 7) is 0.977. The van der Waals surface area contributed by atoms with Crippen molar-refractivity contribution in [1.29, 1.82) is 0 Å². The number of hydrogen-bond donors (Lipinski definition) is 0. The second kappa shape index (κ2) is 20.2. The normalized spacial score (nSPS) is 14.1. The number of nitrogens with zero attached hydrogens (tertiary/aromatic N) is 4. The molecule has 0 N–H and O–H groups in total. The van der Waals surface area contributed by atoms with Crippen LogP contribution >= 0.6 is 0 Å². The number of benzene rings is 11. The first-order valence-electron chi connectivity index (χ1n) is 33.3. The minimum atomic E-state index is -2.77. The third-order valence-corrected chi connectivity index (χ3v) is 16.3. The summed E-state index contributed by atoms with van der Waals surface area (Å²) in [6.07, 6.45) is 5.64. The summed E-state index contributed by atoms with van der Waals surface area (Å²) in [5, 5.41) is 3.74. The van der Waals surface area contributed by atoms with Gasteiger partial charge in [0.05, 0.1) is 23.6 Å². The van der Waals surface area contributed by atoms with E-state index >= 15 is 0 Å². The zero-order chi connectivity index (χ0) is 65.7. The fourth-order valence-corrected chi connectivity index (χ4v) is 12.4. The maximum atomic E-state index is 9.51. The van der Waals surface area contributed by atoms with Crippen molar-refractivity contribution in [3.8, 4) is 95.5 Å². The van der Waals surface area contributed by atoms with E-state index in [4.69, 9.17) is 26.5 Å². The molecule has 0 aliphatic carbocycles. The monoisotopic (exact) mass is 1280 g/mol. The molecule has 1 aliphatic heterocycles. The molecule has 6 nitrogen and oxygen atoms in total. The van der Waals surface area contributed by atoms with Crippen molar-refractivity contribution in [3.63, 3.8) is 0 Å². The number of aromatic nitrogens is 4. The van der Waals surface area contributed by atoms with Crippen molar-refractivity contribution in [2.45, 2.75) is 39.9 Å². The first-order chi connectivity index (χ1) is 45.6. The summed E-state index contributed by atoms with van der Waals surface area (Å²) in [5.41, 5.74) is 11.7. The summed E-state index contributed by atoms with van der Waals surface area (Å²) < 4.78 is 119. The van der Waals surface area contributed by atoms with Crippen LogP contribution in [0.25, 0.3) is 139 Å². The van der Waals surface area contributed by atoms with Crippen LogP contribution in [0.5, 0.6) is 11.5 Å². The molecule has 0 atom stereocenters. The van der Waals surface area contributed by atoms with Crippen LogP contribution in [-0.2, 0) is 26.5 Å². The Morgan fingerprint density at radius 1 is 0.529 bits per heavy atom. The van der Waals surface area contributed by atoms with Gasteiger partial charge < -0.3 is 18.3 Å². The van der Waals surface area contributed by atoms with Crippen molar-refractivity contribution in [2.75, 3.05) is 0 Å². The van der Waals surface area contributed by atoms with Crippen molar-refractivity contribution in [3.05, 3.63) is 272 Å². The largest absolute Gasteiger partial charge is 0.510 e. The Kier molecular flexibility index (Phi) is 9.78. The van der Waals surface area contributed by atoms with Gasteiger partial charge in [0, 0.05) is 63.3 Å². The molecule has 7 heteroatoms. The van der Waals surface area contributed by atoms with Gasteiger partial charge in [0.1, 0.15) is 17.0 Å². The quantitative estimate of drug-likeness (QED) is 0.118. The maximum Gasteiger partial charge on any atom is 0.268 e. The minimum absolute atomic E-state index is 0. The first kappa shape index (κ1) is 41.2. The van der Waals surface area contributed by atoms with Gasteiger partial charge >= 0.3 is 0 Å². The molecule has 0 spiro atoms. The van der Waals surface area contributed by atoms with Crippen LogP contribution in [0.4, 0.5) is 0 Å². The molecular formula is C78H54N4O2Pt-2. The van der Waals surface area contributed by atoms with E-state index in [1.807, 2.05) is 161 Å². The predicted molar refractivity (Wildman–Crippen MR) is 342 cm³/mol. The second-order valence-corrected chi connectivity index (χ2v) is 22.3. The van der Waals surface area contributed by atoms with Crippen LogP contribution in [0, 0.1) is 32.2 Å². The minimum Gasteiger partial charge on any atom is -0.510 e. The number of furan rings is 1. The summed E-state index contributed by atoms with van der Waals surface area (Å²) in [4.78, 5) is 4.88. The molecule has 85 heavy (non-hydrogen) atoms. The van der Waals surface area contributed by atoms with Crippen LogP contribution in [-0.4, -0.2) is 14.1 Å². The van der Waals surface area contributed by atoms with Gasteiger partial charge in [0.2, 0.25) is 0 Å². The van der Waals surface area contributed by atoms with Gasteiger partial charge in [0.15, 0.2) is 0 Å². The van der Waals surface area contributed by atoms with Gasteiger partial charge in [0.25, 0.3) is 6.33 Å². The van der Waals surface area contributed by atoms with Gasteiger partial charge in [-0.3, -0.25) is 4.57 Å². The van der Waals surface area contributed by atoms with E-state index in [-0.39, 0.29) is 60.8 Å². The van der Waals surface area contributed by atoms with Crippen molar-refractivity contribution in [1.82, 2.24) is 14.1 Å². The van der Waals surface area contributed by atoms with Crippen LogP contribution in [0.3, 0.4) is 0 Å². The Morgan fingerprint density at radius 3 is 2.05 bits per heavy atom. The molecule has 0 fully saturated rings. The molecule has 15 aromatic rings. The topological polar surface area (TPSA) is 49.0 Å². The Balaban J connectivity index is 0.00000756. The number of pyridine rings is 1. The molecule has 1 aliphatic rings. The third kappa shape index (κ3) is 8.49. The Hall–Kier alpha value is -9.87. The molecule has 0 bridgehead atoms.